The smallest absolute Gasteiger partial charge is 0.266 e. The number of carbonyl (C=O) groups is 1. The van der Waals surface area contributed by atoms with Crippen molar-refractivity contribution < 1.29 is 23.0 Å². The van der Waals surface area contributed by atoms with Gasteiger partial charge in [-0.3, -0.25) is 4.79 Å². The van der Waals surface area contributed by atoms with Gasteiger partial charge in [0, 0.05) is 12.1 Å². The quantitative estimate of drug-likeness (QED) is 0.683. The van der Waals surface area contributed by atoms with E-state index in [4.69, 9.17) is 9.47 Å². The zero-order valence-electron chi connectivity index (χ0n) is 15.2. The molecule has 0 bridgehead atoms. The van der Waals surface area contributed by atoms with Gasteiger partial charge in [-0.05, 0) is 31.5 Å². The number of hydrogen-bond donors (Lipinski definition) is 0. The molecule has 0 N–H and O–H groups in total. The van der Waals surface area contributed by atoms with Crippen LogP contribution < -0.4 is 9.47 Å². The van der Waals surface area contributed by atoms with Gasteiger partial charge in [-0.25, -0.2) is 13.8 Å². The molecule has 0 aliphatic heterocycles. The molecule has 0 aliphatic carbocycles. The third-order valence-corrected chi connectivity index (χ3v) is 4.95. The number of ether oxygens (including phenoxy) is 2. The van der Waals surface area contributed by atoms with Crippen LogP contribution >= 0.6 is 11.3 Å². The molecular formula is C18H22F2N2O3S. The number of carbonyl (C=O) groups excluding carboxylic acids is 1. The number of alkyl halides is 2. The van der Waals surface area contributed by atoms with Crippen molar-refractivity contribution in [3.8, 4) is 22.1 Å². The Morgan fingerprint density at radius 3 is 2.54 bits per heavy atom. The van der Waals surface area contributed by atoms with Crippen LogP contribution in [-0.4, -0.2) is 49.5 Å². The second-order valence-corrected chi connectivity index (χ2v) is 6.64. The molecule has 5 nitrogen and oxygen atoms in total. The minimum atomic E-state index is -2.57. The van der Waals surface area contributed by atoms with Crippen LogP contribution in [0.15, 0.2) is 18.2 Å². The molecule has 26 heavy (non-hydrogen) atoms. The number of halogens is 2. The van der Waals surface area contributed by atoms with Crippen molar-refractivity contribution in [2.45, 2.75) is 26.7 Å². The number of nitrogens with zero attached hydrogens (tertiary/aromatic N) is 2. The molecule has 0 saturated carbocycles. The summed E-state index contributed by atoms with van der Waals surface area (Å²) in [6, 6.07) is 5.35. The first-order valence-electron chi connectivity index (χ1n) is 8.18. The number of thiazole rings is 1. The summed E-state index contributed by atoms with van der Waals surface area (Å²) in [6.07, 6.45) is -1.96. The van der Waals surface area contributed by atoms with E-state index in [1.807, 2.05) is 13.0 Å². The Balaban J connectivity index is 2.34. The van der Waals surface area contributed by atoms with E-state index in [0.29, 0.717) is 33.5 Å². The molecule has 1 heterocycles. The molecule has 1 amide bonds. The number of methoxy groups -OCH3 is 2. The van der Waals surface area contributed by atoms with Gasteiger partial charge in [0.05, 0.1) is 26.5 Å². The molecule has 0 radical (unpaired) electrons. The van der Waals surface area contributed by atoms with Crippen molar-refractivity contribution in [3.63, 3.8) is 0 Å². The first-order chi connectivity index (χ1) is 12.4. The fraction of sp³-hybridized carbons (Fsp3) is 0.444. The van der Waals surface area contributed by atoms with Gasteiger partial charge in [0.15, 0.2) is 11.5 Å². The summed E-state index contributed by atoms with van der Waals surface area (Å²) in [6.45, 7) is 3.27. The van der Waals surface area contributed by atoms with Gasteiger partial charge < -0.3 is 14.4 Å². The Kier molecular flexibility index (Phi) is 6.90. The van der Waals surface area contributed by atoms with Gasteiger partial charge in [-0.2, -0.15) is 0 Å². The number of rotatable bonds is 8. The van der Waals surface area contributed by atoms with Gasteiger partial charge in [0.1, 0.15) is 9.88 Å². The molecule has 0 spiro atoms. The van der Waals surface area contributed by atoms with Crippen molar-refractivity contribution in [3.05, 3.63) is 28.8 Å². The van der Waals surface area contributed by atoms with E-state index in [1.54, 1.807) is 26.2 Å². The molecular weight excluding hydrogens is 362 g/mol. The fourth-order valence-electron chi connectivity index (χ4n) is 2.54. The van der Waals surface area contributed by atoms with Crippen LogP contribution in [0.1, 0.15) is 28.7 Å². The average molecular weight is 384 g/mol. The monoisotopic (exact) mass is 384 g/mol. The van der Waals surface area contributed by atoms with Gasteiger partial charge in [-0.15, -0.1) is 11.3 Å². The second-order valence-electron chi connectivity index (χ2n) is 5.65. The van der Waals surface area contributed by atoms with E-state index in [2.05, 4.69) is 4.98 Å². The summed E-state index contributed by atoms with van der Waals surface area (Å²) in [4.78, 5) is 18.7. The minimum absolute atomic E-state index is 0.284. The van der Waals surface area contributed by atoms with Crippen molar-refractivity contribution in [1.82, 2.24) is 9.88 Å². The van der Waals surface area contributed by atoms with Crippen LogP contribution in [0, 0.1) is 6.92 Å². The Morgan fingerprint density at radius 2 is 1.96 bits per heavy atom. The SMILES string of the molecule is CCCN(CC(F)F)C(=O)c1sc(-c2ccc(OC)c(OC)c2)nc1C. The van der Waals surface area contributed by atoms with E-state index in [0.717, 1.165) is 5.56 Å². The zero-order chi connectivity index (χ0) is 19.3. The second kappa shape index (κ2) is 8.93. The van der Waals surface area contributed by atoms with E-state index >= 15 is 0 Å². The van der Waals surface area contributed by atoms with Gasteiger partial charge in [0.25, 0.3) is 12.3 Å². The normalized spacial score (nSPS) is 10.9. The first kappa shape index (κ1) is 20.1. The van der Waals surface area contributed by atoms with Crippen LogP contribution in [-0.2, 0) is 0 Å². The lowest BCUT2D eigenvalue weighted by atomic mass is 10.2. The number of amides is 1. The highest BCUT2D eigenvalue weighted by atomic mass is 32.1. The molecule has 0 saturated heterocycles. The summed E-state index contributed by atoms with van der Waals surface area (Å²) in [5.41, 5.74) is 1.30. The van der Waals surface area contributed by atoms with Gasteiger partial charge in [0.2, 0.25) is 0 Å². The standard InChI is InChI=1S/C18H22F2N2O3S/c1-5-8-22(10-15(19)20)18(23)16-11(2)21-17(26-16)12-6-7-13(24-3)14(9-12)25-4/h6-7,9,15H,5,8,10H2,1-4H3. The third-order valence-electron chi connectivity index (χ3n) is 3.76. The van der Waals surface area contributed by atoms with E-state index in [9.17, 15) is 13.6 Å². The lowest BCUT2D eigenvalue weighted by molar-refractivity contribution is 0.0558. The molecule has 0 atom stereocenters. The topological polar surface area (TPSA) is 51.7 Å². The average Bonchev–Trinajstić information content (AvgIpc) is 3.01. The highest BCUT2D eigenvalue weighted by molar-refractivity contribution is 7.17. The fourth-order valence-corrected chi connectivity index (χ4v) is 3.57. The van der Waals surface area contributed by atoms with Crippen molar-refractivity contribution in [2.75, 3.05) is 27.3 Å². The predicted molar refractivity (Wildman–Crippen MR) is 97.6 cm³/mol. The van der Waals surface area contributed by atoms with Crippen molar-refractivity contribution in [2.24, 2.45) is 0 Å². The van der Waals surface area contributed by atoms with E-state index < -0.39 is 18.9 Å². The van der Waals surface area contributed by atoms with Gasteiger partial charge in [-0.1, -0.05) is 6.92 Å². The number of aromatic nitrogens is 1. The number of hydrogen-bond acceptors (Lipinski definition) is 5. The summed E-state index contributed by atoms with van der Waals surface area (Å²) < 4.78 is 36.1. The number of aryl methyl sites for hydroxylation is 1. The first-order valence-corrected chi connectivity index (χ1v) is 9.00. The molecule has 8 heteroatoms. The maximum Gasteiger partial charge on any atom is 0.266 e. The van der Waals surface area contributed by atoms with Crippen LogP contribution in [0.5, 0.6) is 11.5 Å². The van der Waals surface area contributed by atoms with E-state index in [1.165, 1.54) is 23.3 Å². The molecule has 0 fully saturated rings. The lowest BCUT2D eigenvalue weighted by Crippen LogP contribution is -2.35. The molecule has 2 aromatic rings. The van der Waals surface area contributed by atoms with Gasteiger partial charge >= 0.3 is 0 Å². The van der Waals surface area contributed by atoms with E-state index in [-0.39, 0.29) is 6.54 Å². The molecule has 0 aliphatic rings. The maximum absolute atomic E-state index is 12.8. The van der Waals surface area contributed by atoms with Crippen LogP contribution in [0.25, 0.3) is 10.6 Å². The highest BCUT2D eigenvalue weighted by Crippen LogP contribution is 2.35. The lowest BCUT2D eigenvalue weighted by Gasteiger charge is -2.21. The van der Waals surface area contributed by atoms with Crippen molar-refractivity contribution >= 4 is 17.2 Å². The Labute approximate surface area is 155 Å². The van der Waals surface area contributed by atoms with Crippen LogP contribution in [0.2, 0.25) is 0 Å². The highest BCUT2D eigenvalue weighted by Gasteiger charge is 2.24. The summed E-state index contributed by atoms with van der Waals surface area (Å²) in [7, 11) is 3.09. The number of benzene rings is 1. The maximum atomic E-state index is 12.8. The molecule has 142 valence electrons. The zero-order valence-corrected chi connectivity index (χ0v) is 16.0. The Hall–Kier alpha value is -2.22. The Morgan fingerprint density at radius 1 is 1.27 bits per heavy atom. The summed E-state index contributed by atoms with van der Waals surface area (Å²) in [5, 5.41) is 0.625. The Bertz CT molecular complexity index is 765. The summed E-state index contributed by atoms with van der Waals surface area (Å²) >= 11 is 1.19. The minimum Gasteiger partial charge on any atom is -0.493 e. The molecule has 2 rings (SSSR count). The summed E-state index contributed by atoms with van der Waals surface area (Å²) in [5.74, 6) is 0.733. The third kappa shape index (κ3) is 4.49. The van der Waals surface area contributed by atoms with Crippen LogP contribution in [0.3, 0.4) is 0 Å². The molecule has 1 aromatic heterocycles. The largest absolute Gasteiger partial charge is 0.493 e. The predicted octanol–water partition coefficient (Wildman–Crippen LogP) is 4.25. The van der Waals surface area contributed by atoms with Crippen molar-refractivity contribution in [1.29, 1.82) is 0 Å². The molecule has 1 aromatic carbocycles. The van der Waals surface area contributed by atoms with Crippen LogP contribution in [0.4, 0.5) is 8.78 Å². The molecule has 0 unspecified atom stereocenters.